The van der Waals surface area contributed by atoms with Crippen LogP contribution in [0.5, 0.6) is 0 Å². The van der Waals surface area contributed by atoms with Gasteiger partial charge in [0.1, 0.15) is 17.3 Å². The van der Waals surface area contributed by atoms with Crippen molar-refractivity contribution in [2.45, 2.75) is 38.8 Å². The smallest absolute Gasteiger partial charge is 0.272 e. The van der Waals surface area contributed by atoms with Gasteiger partial charge in [0.05, 0.1) is 18.9 Å². The van der Waals surface area contributed by atoms with Gasteiger partial charge in [-0.2, -0.15) is 0 Å². The van der Waals surface area contributed by atoms with Gasteiger partial charge in [-0.05, 0) is 25.3 Å². The molecule has 1 amide bonds. The molecule has 0 bridgehead atoms. The normalized spacial score (nSPS) is 16.3. The lowest BCUT2D eigenvalue weighted by Gasteiger charge is -2.29. The zero-order valence-corrected chi connectivity index (χ0v) is 18.3. The monoisotopic (exact) mass is 431 g/mol. The third-order valence-electron chi connectivity index (χ3n) is 6.23. The summed E-state index contributed by atoms with van der Waals surface area (Å²) in [7, 11) is 0. The highest BCUT2D eigenvalue weighted by molar-refractivity contribution is 5.94. The summed E-state index contributed by atoms with van der Waals surface area (Å²) < 4.78 is 7.72. The Hall–Kier alpha value is -3.19. The number of benzene rings is 1. The Bertz CT molecular complexity index is 1070. The maximum absolute atomic E-state index is 13.3. The predicted octanol–water partition coefficient (Wildman–Crippen LogP) is 3.44. The first-order valence-corrected chi connectivity index (χ1v) is 11.5. The molecule has 2 aliphatic rings. The number of carbonyl (C=O) groups is 1. The molecular weight excluding hydrogens is 402 g/mol. The Labute approximate surface area is 188 Å². The fourth-order valence-corrected chi connectivity index (χ4v) is 4.60. The fraction of sp³-hybridized carbons (Fsp3) is 0.400. The molecule has 0 saturated carbocycles. The number of aromatic nitrogens is 3. The van der Waals surface area contributed by atoms with E-state index in [2.05, 4.69) is 31.9 Å². The van der Waals surface area contributed by atoms with Crippen LogP contribution in [0.3, 0.4) is 0 Å². The molecule has 1 N–H and O–H groups in total. The van der Waals surface area contributed by atoms with Crippen molar-refractivity contribution in [3.05, 3.63) is 65.6 Å². The molecule has 0 radical (unpaired) electrons. The third kappa shape index (κ3) is 4.25. The molecule has 0 spiro atoms. The van der Waals surface area contributed by atoms with E-state index >= 15 is 0 Å². The number of anilines is 1. The van der Waals surface area contributed by atoms with Crippen LogP contribution in [0.15, 0.2) is 48.7 Å². The summed E-state index contributed by atoms with van der Waals surface area (Å²) in [6.45, 7) is 4.35. The molecule has 7 heteroatoms. The van der Waals surface area contributed by atoms with E-state index in [4.69, 9.17) is 9.72 Å². The Balaban J connectivity index is 1.39. The maximum atomic E-state index is 13.3. The zero-order valence-electron chi connectivity index (χ0n) is 18.3. The number of imidazole rings is 1. The van der Waals surface area contributed by atoms with E-state index in [9.17, 15) is 4.79 Å². The topological polar surface area (TPSA) is 72.3 Å². The summed E-state index contributed by atoms with van der Waals surface area (Å²) in [6.07, 6.45) is 6.06. The maximum Gasteiger partial charge on any atom is 0.272 e. The second-order valence-electron chi connectivity index (χ2n) is 8.33. The predicted molar refractivity (Wildman–Crippen MR) is 124 cm³/mol. The molecule has 2 aliphatic heterocycles. The minimum absolute atomic E-state index is 0.116. The number of hydrogen-bond donors (Lipinski definition) is 1. The molecule has 1 fully saturated rings. The van der Waals surface area contributed by atoms with Gasteiger partial charge in [-0.1, -0.05) is 42.8 Å². The molecule has 166 valence electrons. The number of amides is 1. The molecule has 4 heterocycles. The van der Waals surface area contributed by atoms with E-state index in [-0.39, 0.29) is 5.91 Å². The molecule has 1 aromatic carbocycles. The van der Waals surface area contributed by atoms with Crippen LogP contribution in [0.4, 0.5) is 5.82 Å². The van der Waals surface area contributed by atoms with Crippen molar-refractivity contribution in [2.24, 2.45) is 0 Å². The summed E-state index contributed by atoms with van der Waals surface area (Å²) in [6, 6.07) is 14.1. The molecule has 1 saturated heterocycles. The largest absolute Gasteiger partial charge is 0.378 e. The van der Waals surface area contributed by atoms with Crippen molar-refractivity contribution >= 4 is 11.7 Å². The Morgan fingerprint density at radius 3 is 2.69 bits per heavy atom. The number of pyridine rings is 1. The van der Waals surface area contributed by atoms with E-state index < -0.39 is 0 Å². The van der Waals surface area contributed by atoms with E-state index in [1.807, 2.05) is 30.3 Å². The van der Waals surface area contributed by atoms with Gasteiger partial charge in [-0.15, -0.1) is 0 Å². The first-order chi connectivity index (χ1) is 15.8. The van der Waals surface area contributed by atoms with Gasteiger partial charge in [0, 0.05) is 43.5 Å². The molecule has 0 aliphatic carbocycles. The minimum atomic E-state index is -0.116. The second-order valence-corrected chi connectivity index (χ2v) is 8.33. The fourth-order valence-electron chi connectivity index (χ4n) is 4.60. The Kier molecular flexibility index (Phi) is 6.16. The number of morpholine rings is 1. The average molecular weight is 432 g/mol. The molecule has 0 atom stereocenters. The lowest BCUT2D eigenvalue weighted by Crippen LogP contribution is -2.38. The molecule has 0 unspecified atom stereocenters. The summed E-state index contributed by atoms with van der Waals surface area (Å²) >= 11 is 0. The van der Waals surface area contributed by atoms with E-state index in [0.717, 1.165) is 67.4 Å². The van der Waals surface area contributed by atoms with Gasteiger partial charge in [-0.25, -0.2) is 9.97 Å². The highest BCUT2D eigenvalue weighted by Gasteiger charge is 2.24. The lowest BCUT2D eigenvalue weighted by molar-refractivity contribution is 0.0945. The van der Waals surface area contributed by atoms with Crippen molar-refractivity contribution in [1.82, 2.24) is 19.9 Å². The summed E-state index contributed by atoms with van der Waals surface area (Å²) in [4.78, 5) is 24.9. The van der Waals surface area contributed by atoms with Gasteiger partial charge in [0.2, 0.25) is 0 Å². The van der Waals surface area contributed by atoms with Gasteiger partial charge in [0.25, 0.3) is 5.91 Å². The van der Waals surface area contributed by atoms with Crippen LogP contribution in [0.2, 0.25) is 0 Å². The SMILES string of the molecule is O=C(NCc1cccnc1N1CCOCC1)c1nc(-c2ccccc2)n2c1CCCCC2. The van der Waals surface area contributed by atoms with Crippen LogP contribution in [0.25, 0.3) is 11.4 Å². The zero-order chi connectivity index (χ0) is 21.8. The number of fused-ring (bicyclic) bond motifs is 1. The summed E-state index contributed by atoms with van der Waals surface area (Å²) in [5.41, 5.74) is 3.67. The first kappa shape index (κ1) is 20.7. The van der Waals surface area contributed by atoms with Crippen LogP contribution in [0, 0.1) is 0 Å². The number of rotatable bonds is 5. The lowest BCUT2D eigenvalue weighted by atomic mass is 10.1. The number of nitrogens with zero attached hydrogens (tertiary/aromatic N) is 4. The van der Waals surface area contributed by atoms with Crippen molar-refractivity contribution < 1.29 is 9.53 Å². The first-order valence-electron chi connectivity index (χ1n) is 11.5. The van der Waals surface area contributed by atoms with E-state index in [1.54, 1.807) is 6.20 Å². The van der Waals surface area contributed by atoms with Gasteiger partial charge >= 0.3 is 0 Å². The Morgan fingerprint density at radius 2 is 1.84 bits per heavy atom. The van der Waals surface area contributed by atoms with Crippen LogP contribution in [-0.2, 0) is 24.2 Å². The quantitative estimate of drug-likeness (QED) is 0.670. The standard InChI is InChI=1S/C25H29N5O2/c31-25(27-18-20-10-7-12-26-23(20)29-14-16-32-17-15-29)22-21-11-5-2-6-13-30(21)24(28-22)19-8-3-1-4-9-19/h1,3-4,7-10,12H,2,5-6,11,13-18H2,(H,27,31). The number of hydrogen-bond acceptors (Lipinski definition) is 5. The second kappa shape index (κ2) is 9.53. The van der Waals surface area contributed by atoms with Crippen LogP contribution in [-0.4, -0.2) is 46.7 Å². The molecule has 32 heavy (non-hydrogen) atoms. The van der Waals surface area contributed by atoms with Crippen molar-refractivity contribution in [3.8, 4) is 11.4 Å². The van der Waals surface area contributed by atoms with Gasteiger partial charge in [-0.3, -0.25) is 4.79 Å². The van der Waals surface area contributed by atoms with Crippen molar-refractivity contribution in [1.29, 1.82) is 0 Å². The number of carbonyl (C=O) groups excluding carboxylic acids is 1. The van der Waals surface area contributed by atoms with Gasteiger partial charge < -0.3 is 19.5 Å². The van der Waals surface area contributed by atoms with Crippen molar-refractivity contribution in [2.75, 3.05) is 31.2 Å². The van der Waals surface area contributed by atoms with E-state index in [0.29, 0.717) is 25.5 Å². The van der Waals surface area contributed by atoms with E-state index in [1.165, 1.54) is 6.42 Å². The summed E-state index contributed by atoms with van der Waals surface area (Å²) in [5.74, 6) is 1.70. The number of ether oxygens (including phenoxy) is 1. The highest BCUT2D eigenvalue weighted by Crippen LogP contribution is 2.27. The molecule has 7 nitrogen and oxygen atoms in total. The number of nitrogens with one attached hydrogen (secondary N) is 1. The van der Waals surface area contributed by atoms with Crippen molar-refractivity contribution in [3.63, 3.8) is 0 Å². The van der Waals surface area contributed by atoms with Crippen LogP contribution < -0.4 is 10.2 Å². The highest BCUT2D eigenvalue weighted by atomic mass is 16.5. The van der Waals surface area contributed by atoms with Gasteiger partial charge in [0.15, 0.2) is 0 Å². The molecule has 5 rings (SSSR count). The minimum Gasteiger partial charge on any atom is -0.378 e. The summed E-state index contributed by atoms with van der Waals surface area (Å²) in [5, 5.41) is 3.12. The third-order valence-corrected chi connectivity index (χ3v) is 6.23. The molecule has 2 aromatic heterocycles. The van der Waals surface area contributed by atoms with Crippen LogP contribution in [0.1, 0.15) is 41.0 Å². The average Bonchev–Trinajstić information content (AvgIpc) is 3.04. The van der Waals surface area contributed by atoms with Crippen LogP contribution >= 0.6 is 0 Å². The molecule has 3 aromatic rings. The Morgan fingerprint density at radius 1 is 1.00 bits per heavy atom. The molecular formula is C25H29N5O2.